The van der Waals surface area contributed by atoms with Crippen LogP contribution in [-0.2, 0) is 0 Å². The van der Waals surface area contributed by atoms with E-state index in [2.05, 4.69) is 11.2 Å². The number of methoxy groups -OCH3 is 1. The van der Waals surface area contributed by atoms with E-state index in [0.29, 0.717) is 0 Å². The van der Waals surface area contributed by atoms with Crippen molar-refractivity contribution in [2.24, 2.45) is 0 Å². The van der Waals surface area contributed by atoms with Crippen molar-refractivity contribution < 1.29 is 21.7 Å². The Morgan fingerprint density at radius 2 is 2.30 bits per heavy atom. The van der Waals surface area contributed by atoms with Crippen LogP contribution < -0.4 is 21.7 Å². The molecule has 1 aromatic rings. The Bertz CT molecular complexity index is 159. The van der Waals surface area contributed by atoms with Crippen LogP contribution in [0.3, 0.4) is 0 Å². The Labute approximate surface area is 86.9 Å². The van der Waals surface area contributed by atoms with Crippen LogP contribution in [0.15, 0.2) is 18.3 Å². The smallest absolute Gasteiger partial charge is 1.00 e. The number of hydrogen-bond donors (Lipinski definition) is 0. The minimum atomic E-state index is 0. The average molecular weight is 212 g/mol. The van der Waals surface area contributed by atoms with Gasteiger partial charge in [0, 0.05) is 5.75 Å². The third-order valence-corrected chi connectivity index (χ3v) is 0.824. The number of pyridine rings is 1. The molecular formula is C6H6BrMgNO. The van der Waals surface area contributed by atoms with Crippen molar-refractivity contribution in [2.45, 2.75) is 0 Å². The summed E-state index contributed by atoms with van der Waals surface area (Å²) in [5.41, 5.74) is 0. The van der Waals surface area contributed by atoms with Crippen molar-refractivity contribution >= 4 is 23.1 Å². The first kappa shape index (κ1) is 12.8. The standard InChI is InChI=1S/C6H6NO.BrH.Mg/c1-8-6-3-2-4-7-5-6;;/h2-3,5H,1H3;1H;/q-1;;+2/p-1. The number of nitrogens with zero attached hydrogens (tertiary/aromatic N) is 1. The first-order valence-corrected chi connectivity index (χ1v) is 2.29. The molecule has 1 heterocycles. The molecule has 10 heavy (non-hydrogen) atoms. The molecule has 0 bridgehead atoms. The van der Waals surface area contributed by atoms with Crippen molar-refractivity contribution in [3.05, 3.63) is 24.5 Å². The molecule has 0 aliphatic carbocycles. The maximum Gasteiger partial charge on any atom is 2.00 e. The van der Waals surface area contributed by atoms with Gasteiger partial charge in [-0.1, -0.05) is 6.20 Å². The number of rotatable bonds is 1. The summed E-state index contributed by atoms with van der Waals surface area (Å²) in [6.07, 6.45) is 4.25. The normalized spacial score (nSPS) is 6.90. The SMILES string of the molecule is COc1cc[c-]nc1.[Br-].[Mg+2]. The zero-order valence-corrected chi connectivity index (χ0v) is 8.67. The predicted molar refractivity (Wildman–Crippen MR) is 35.4 cm³/mol. The van der Waals surface area contributed by atoms with Crippen molar-refractivity contribution in [3.63, 3.8) is 0 Å². The van der Waals surface area contributed by atoms with Crippen molar-refractivity contribution in [1.29, 1.82) is 0 Å². The van der Waals surface area contributed by atoms with E-state index in [-0.39, 0.29) is 40.0 Å². The summed E-state index contributed by atoms with van der Waals surface area (Å²) in [4.78, 5) is 3.71. The Morgan fingerprint density at radius 3 is 2.60 bits per heavy atom. The quantitative estimate of drug-likeness (QED) is 0.380. The third kappa shape index (κ3) is 4.08. The van der Waals surface area contributed by atoms with Gasteiger partial charge < -0.3 is 26.7 Å². The summed E-state index contributed by atoms with van der Waals surface area (Å²) in [7, 11) is 1.61. The zero-order chi connectivity index (χ0) is 5.82. The van der Waals surface area contributed by atoms with Crippen LogP contribution in [-0.4, -0.2) is 35.1 Å². The molecule has 0 aliphatic heterocycles. The molecular weight excluding hydrogens is 206 g/mol. The Hall–Kier alpha value is 0.196. The van der Waals surface area contributed by atoms with Crippen LogP contribution in [0.5, 0.6) is 5.75 Å². The summed E-state index contributed by atoms with van der Waals surface area (Å²) < 4.78 is 4.83. The number of aromatic nitrogens is 1. The summed E-state index contributed by atoms with van der Waals surface area (Å²) in [6, 6.07) is 3.51. The number of ether oxygens (including phenoxy) is 1. The molecule has 4 heteroatoms. The Kier molecular flexibility index (Phi) is 9.38. The van der Waals surface area contributed by atoms with Crippen LogP contribution in [0.1, 0.15) is 0 Å². The summed E-state index contributed by atoms with van der Waals surface area (Å²) in [6.45, 7) is 0. The second kappa shape index (κ2) is 7.30. The van der Waals surface area contributed by atoms with Gasteiger partial charge in [-0.2, -0.15) is 6.07 Å². The van der Waals surface area contributed by atoms with E-state index in [0.717, 1.165) is 5.75 Å². The van der Waals surface area contributed by atoms with E-state index in [1.807, 2.05) is 0 Å². The first-order chi connectivity index (χ1) is 3.93. The van der Waals surface area contributed by atoms with E-state index in [4.69, 9.17) is 4.74 Å². The number of halogens is 1. The van der Waals surface area contributed by atoms with Gasteiger partial charge in [0.15, 0.2) is 0 Å². The Balaban J connectivity index is 0. The molecule has 0 radical (unpaired) electrons. The molecule has 0 spiro atoms. The van der Waals surface area contributed by atoms with Crippen LogP contribution in [0.4, 0.5) is 0 Å². The maximum atomic E-state index is 4.83. The summed E-state index contributed by atoms with van der Waals surface area (Å²) in [5, 5.41) is 0. The average Bonchev–Trinajstić information content (AvgIpc) is 1.90. The van der Waals surface area contributed by atoms with Crippen molar-refractivity contribution in [1.82, 2.24) is 4.98 Å². The second-order valence-corrected chi connectivity index (χ2v) is 1.33. The monoisotopic (exact) mass is 211 g/mol. The van der Waals surface area contributed by atoms with Crippen LogP contribution in [0, 0.1) is 6.20 Å². The van der Waals surface area contributed by atoms with E-state index in [1.165, 1.54) is 0 Å². The predicted octanol–water partition coefficient (Wildman–Crippen LogP) is -2.49. The van der Waals surface area contributed by atoms with Gasteiger partial charge in [-0.15, -0.1) is 6.07 Å². The van der Waals surface area contributed by atoms with Gasteiger partial charge >= 0.3 is 23.1 Å². The molecule has 1 rings (SSSR count). The minimum absolute atomic E-state index is 0. The van der Waals surface area contributed by atoms with Gasteiger partial charge in [0.1, 0.15) is 0 Å². The van der Waals surface area contributed by atoms with Crippen LogP contribution in [0.25, 0.3) is 0 Å². The maximum absolute atomic E-state index is 4.83. The van der Waals surface area contributed by atoms with Gasteiger partial charge in [-0.25, -0.2) is 0 Å². The fraction of sp³-hybridized carbons (Fsp3) is 0.167. The summed E-state index contributed by atoms with van der Waals surface area (Å²) >= 11 is 0. The van der Waals surface area contributed by atoms with Gasteiger partial charge in [0.2, 0.25) is 0 Å². The second-order valence-electron chi connectivity index (χ2n) is 1.33. The fourth-order valence-corrected chi connectivity index (χ4v) is 0.427. The minimum Gasteiger partial charge on any atom is -1.00 e. The molecule has 0 atom stereocenters. The first-order valence-electron chi connectivity index (χ1n) is 2.29. The molecule has 1 aromatic heterocycles. The molecule has 0 saturated heterocycles. The van der Waals surface area contributed by atoms with Crippen LogP contribution >= 0.6 is 0 Å². The van der Waals surface area contributed by atoms with Gasteiger partial charge in [0.05, 0.1) is 7.11 Å². The van der Waals surface area contributed by atoms with E-state index < -0.39 is 0 Å². The fourth-order valence-electron chi connectivity index (χ4n) is 0.427. The molecule has 0 aromatic carbocycles. The topological polar surface area (TPSA) is 22.1 Å². The Morgan fingerprint density at radius 1 is 1.60 bits per heavy atom. The van der Waals surface area contributed by atoms with Crippen molar-refractivity contribution in [2.75, 3.05) is 7.11 Å². The summed E-state index contributed by atoms with van der Waals surface area (Å²) in [5.74, 6) is 0.767. The molecule has 2 nitrogen and oxygen atoms in total. The molecule has 0 N–H and O–H groups in total. The third-order valence-electron chi connectivity index (χ3n) is 0.824. The van der Waals surface area contributed by atoms with E-state index in [1.54, 1.807) is 25.4 Å². The molecule has 0 aliphatic rings. The number of hydrogen-bond acceptors (Lipinski definition) is 2. The molecule has 0 saturated carbocycles. The molecule has 0 fully saturated rings. The van der Waals surface area contributed by atoms with Crippen molar-refractivity contribution in [3.8, 4) is 5.75 Å². The van der Waals surface area contributed by atoms with Gasteiger partial charge in [-0.05, 0) is 6.20 Å². The van der Waals surface area contributed by atoms with E-state index in [9.17, 15) is 0 Å². The zero-order valence-electron chi connectivity index (χ0n) is 5.67. The van der Waals surface area contributed by atoms with E-state index >= 15 is 0 Å². The molecule has 50 valence electrons. The molecule has 0 unspecified atom stereocenters. The van der Waals surface area contributed by atoms with Crippen LogP contribution in [0.2, 0.25) is 0 Å². The molecule has 0 amide bonds. The largest absolute Gasteiger partial charge is 2.00 e. The van der Waals surface area contributed by atoms with Gasteiger partial charge in [0.25, 0.3) is 0 Å². The van der Waals surface area contributed by atoms with Gasteiger partial charge in [-0.3, -0.25) is 0 Å².